The second-order valence-corrected chi connectivity index (χ2v) is 5.14. The van der Waals surface area contributed by atoms with Gasteiger partial charge in [-0.05, 0) is 31.0 Å². The minimum atomic E-state index is -0.364. The summed E-state index contributed by atoms with van der Waals surface area (Å²) in [6.07, 6.45) is 3.48. The van der Waals surface area contributed by atoms with Gasteiger partial charge in [-0.25, -0.2) is 4.39 Å². The van der Waals surface area contributed by atoms with Crippen molar-refractivity contribution in [2.75, 3.05) is 5.32 Å². The van der Waals surface area contributed by atoms with Crippen LogP contribution < -0.4 is 5.32 Å². The van der Waals surface area contributed by atoms with E-state index in [1.165, 1.54) is 6.07 Å². The van der Waals surface area contributed by atoms with Crippen molar-refractivity contribution in [3.8, 4) is 0 Å². The van der Waals surface area contributed by atoms with Crippen molar-refractivity contribution in [3.63, 3.8) is 0 Å². The molecule has 1 aliphatic rings. The molecule has 0 spiro atoms. The smallest absolute Gasteiger partial charge is 0.147 e. The third kappa shape index (κ3) is 2.74. The molecule has 0 radical (unpaired) electrons. The fourth-order valence-corrected chi connectivity index (χ4v) is 2.42. The number of aliphatic hydroxyl groups is 1. The van der Waals surface area contributed by atoms with Crippen molar-refractivity contribution in [1.29, 1.82) is 0 Å². The summed E-state index contributed by atoms with van der Waals surface area (Å²) in [6.45, 7) is 0. The van der Waals surface area contributed by atoms with Gasteiger partial charge in [0.05, 0.1) is 17.8 Å². The summed E-state index contributed by atoms with van der Waals surface area (Å²) in [5.41, 5.74) is 0.467. The first-order chi connectivity index (χ1) is 7.66. The molecule has 1 fully saturated rings. The highest BCUT2D eigenvalue weighted by Gasteiger charge is 2.23. The predicted octanol–water partition coefficient (Wildman–Crippen LogP) is 3.30. The SMILES string of the molecule is O[C@@H]1CCCC[C@H]1Nc1ccc(Br)cc1F. The van der Waals surface area contributed by atoms with Gasteiger partial charge < -0.3 is 10.4 Å². The third-order valence-electron chi connectivity index (χ3n) is 3.00. The molecule has 0 unspecified atom stereocenters. The van der Waals surface area contributed by atoms with Gasteiger partial charge in [-0.2, -0.15) is 0 Å². The van der Waals surface area contributed by atoms with Crippen LogP contribution >= 0.6 is 15.9 Å². The molecule has 4 heteroatoms. The molecule has 2 N–H and O–H groups in total. The first-order valence-electron chi connectivity index (χ1n) is 5.56. The van der Waals surface area contributed by atoms with Crippen molar-refractivity contribution in [2.45, 2.75) is 37.8 Å². The zero-order chi connectivity index (χ0) is 11.5. The fraction of sp³-hybridized carbons (Fsp3) is 0.500. The van der Waals surface area contributed by atoms with Crippen LogP contribution in [0.3, 0.4) is 0 Å². The van der Waals surface area contributed by atoms with E-state index in [1.807, 2.05) is 0 Å². The van der Waals surface area contributed by atoms with Crippen LogP contribution in [0.15, 0.2) is 22.7 Å². The van der Waals surface area contributed by atoms with E-state index in [0.29, 0.717) is 5.69 Å². The number of rotatable bonds is 2. The Morgan fingerprint density at radius 2 is 2.06 bits per heavy atom. The zero-order valence-corrected chi connectivity index (χ0v) is 10.5. The lowest BCUT2D eigenvalue weighted by Gasteiger charge is -2.29. The molecule has 0 bridgehead atoms. The number of halogens is 2. The summed E-state index contributed by atoms with van der Waals surface area (Å²) in [6, 6.07) is 4.89. The highest BCUT2D eigenvalue weighted by Crippen LogP contribution is 2.25. The average molecular weight is 288 g/mol. The molecule has 1 saturated carbocycles. The molecule has 1 aromatic carbocycles. The first-order valence-corrected chi connectivity index (χ1v) is 6.36. The Morgan fingerprint density at radius 1 is 1.31 bits per heavy atom. The van der Waals surface area contributed by atoms with Crippen LogP contribution in [0.25, 0.3) is 0 Å². The highest BCUT2D eigenvalue weighted by molar-refractivity contribution is 9.10. The molecule has 2 nitrogen and oxygen atoms in total. The summed E-state index contributed by atoms with van der Waals surface area (Å²) in [7, 11) is 0. The summed E-state index contributed by atoms with van der Waals surface area (Å²) in [5.74, 6) is -0.285. The molecular weight excluding hydrogens is 273 g/mol. The second kappa shape index (κ2) is 5.15. The lowest BCUT2D eigenvalue weighted by atomic mass is 9.92. The Hall–Kier alpha value is -0.610. The molecule has 2 atom stereocenters. The number of nitrogens with one attached hydrogen (secondary N) is 1. The lowest BCUT2D eigenvalue weighted by molar-refractivity contribution is 0.116. The van der Waals surface area contributed by atoms with E-state index in [0.717, 1.165) is 30.2 Å². The van der Waals surface area contributed by atoms with E-state index in [4.69, 9.17) is 0 Å². The van der Waals surface area contributed by atoms with Crippen LogP contribution in [-0.2, 0) is 0 Å². The van der Waals surface area contributed by atoms with Gasteiger partial charge in [0.1, 0.15) is 5.82 Å². The van der Waals surface area contributed by atoms with Gasteiger partial charge in [-0.15, -0.1) is 0 Å². The molecule has 16 heavy (non-hydrogen) atoms. The van der Waals surface area contributed by atoms with Gasteiger partial charge in [0, 0.05) is 4.47 Å². The molecule has 0 aromatic heterocycles. The maximum absolute atomic E-state index is 13.6. The molecule has 88 valence electrons. The Morgan fingerprint density at radius 3 is 2.75 bits per heavy atom. The number of hydrogen-bond acceptors (Lipinski definition) is 2. The highest BCUT2D eigenvalue weighted by atomic mass is 79.9. The van der Waals surface area contributed by atoms with Crippen LogP contribution in [0.5, 0.6) is 0 Å². The topological polar surface area (TPSA) is 32.3 Å². The average Bonchev–Trinajstić information content (AvgIpc) is 2.25. The van der Waals surface area contributed by atoms with Gasteiger partial charge >= 0.3 is 0 Å². The lowest BCUT2D eigenvalue weighted by Crippen LogP contribution is -2.36. The Kier molecular flexibility index (Phi) is 3.82. The van der Waals surface area contributed by atoms with Crippen molar-refractivity contribution >= 4 is 21.6 Å². The molecule has 0 aliphatic heterocycles. The maximum atomic E-state index is 13.6. The van der Waals surface area contributed by atoms with Crippen LogP contribution in [0.4, 0.5) is 10.1 Å². The largest absolute Gasteiger partial charge is 0.391 e. The normalized spacial score (nSPS) is 25.4. The van der Waals surface area contributed by atoms with E-state index < -0.39 is 0 Å². The predicted molar refractivity (Wildman–Crippen MR) is 66.0 cm³/mol. The van der Waals surface area contributed by atoms with Gasteiger partial charge in [-0.3, -0.25) is 0 Å². The van der Waals surface area contributed by atoms with Gasteiger partial charge in [0.15, 0.2) is 0 Å². The summed E-state index contributed by atoms with van der Waals surface area (Å²) >= 11 is 3.22. The molecule has 1 aromatic rings. The van der Waals surface area contributed by atoms with E-state index in [2.05, 4.69) is 21.2 Å². The van der Waals surface area contributed by atoms with E-state index >= 15 is 0 Å². The number of anilines is 1. The van der Waals surface area contributed by atoms with Gasteiger partial charge in [0.25, 0.3) is 0 Å². The molecule has 0 amide bonds. The van der Waals surface area contributed by atoms with Gasteiger partial charge in [0.2, 0.25) is 0 Å². The molecule has 0 saturated heterocycles. The van der Waals surface area contributed by atoms with Crippen molar-refractivity contribution < 1.29 is 9.50 Å². The van der Waals surface area contributed by atoms with Crippen LogP contribution in [0, 0.1) is 5.82 Å². The van der Waals surface area contributed by atoms with Crippen LogP contribution in [-0.4, -0.2) is 17.3 Å². The van der Waals surface area contributed by atoms with E-state index in [1.54, 1.807) is 12.1 Å². The zero-order valence-electron chi connectivity index (χ0n) is 8.92. The minimum absolute atomic E-state index is 0.0237. The summed E-state index contributed by atoms with van der Waals surface area (Å²) in [5, 5.41) is 12.9. The molecule has 2 rings (SSSR count). The maximum Gasteiger partial charge on any atom is 0.147 e. The minimum Gasteiger partial charge on any atom is -0.391 e. The first kappa shape index (κ1) is 11.9. The number of hydrogen-bond donors (Lipinski definition) is 2. The van der Waals surface area contributed by atoms with Crippen molar-refractivity contribution in [3.05, 3.63) is 28.5 Å². The number of aliphatic hydroxyl groups excluding tert-OH is 1. The monoisotopic (exact) mass is 287 g/mol. The van der Waals surface area contributed by atoms with Crippen LogP contribution in [0.2, 0.25) is 0 Å². The van der Waals surface area contributed by atoms with E-state index in [-0.39, 0.29) is 18.0 Å². The Balaban J connectivity index is 2.07. The number of benzene rings is 1. The van der Waals surface area contributed by atoms with E-state index in [9.17, 15) is 9.50 Å². The Labute approximate surface area is 103 Å². The van der Waals surface area contributed by atoms with Gasteiger partial charge in [-0.1, -0.05) is 28.8 Å². The molecule has 1 aliphatic carbocycles. The Bertz CT molecular complexity index is 372. The third-order valence-corrected chi connectivity index (χ3v) is 3.49. The molecule has 0 heterocycles. The fourth-order valence-electron chi connectivity index (χ4n) is 2.09. The molecular formula is C12H15BrFNO. The van der Waals surface area contributed by atoms with Crippen LogP contribution in [0.1, 0.15) is 25.7 Å². The second-order valence-electron chi connectivity index (χ2n) is 4.23. The van der Waals surface area contributed by atoms with Crippen molar-refractivity contribution in [2.24, 2.45) is 0 Å². The van der Waals surface area contributed by atoms with Crippen molar-refractivity contribution in [1.82, 2.24) is 0 Å². The quantitative estimate of drug-likeness (QED) is 0.875. The summed E-state index contributed by atoms with van der Waals surface area (Å²) in [4.78, 5) is 0. The summed E-state index contributed by atoms with van der Waals surface area (Å²) < 4.78 is 14.3. The standard InChI is InChI=1S/C12H15BrFNO/c13-8-5-6-10(9(14)7-8)15-11-3-1-2-4-12(11)16/h5-7,11-12,15-16H,1-4H2/t11-,12-/m1/s1.